The van der Waals surface area contributed by atoms with Crippen molar-refractivity contribution in [2.45, 2.75) is 51.8 Å². The largest absolute Gasteiger partial charge is 0.481 e. The minimum Gasteiger partial charge on any atom is -0.481 e. The highest BCUT2D eigenvalue weighted by Crippen LogP contribution is 2.32. The molecule has 1 atom stereocenters. The van der Waals surface area contributed by atoms with E-state index in [1.165, 1.54) is 11.6 Å². The summed E-state index contributed by atoms with van der Waals surface area (Å²) in [4.78, 5) is 16.6. The molecule has 1 amide bonds. The van der Waals surface area contributed by atoms with Crippen molar-refractivity contribution in [1.29, 1.82) is 0 Å². The number of benzene rings is 2. The van der Waals surface area contributed by atoms with Crippen LogP contribution in [0, 0.1) is 0 Å². The first-order valence-electron chi connectivity index (χ1n) is 11.0. The summed E-state index contributed by atoms with van der Waals surface area (Å²) in [5.74, 6) is 0.567. The number of carbonyl (C=O) groups is 1. The maximum absolute atomic E-state index is 13.0. The predicted molar refractivity (Wildman–Crippen MR) is 120 cm³/mol. The highest BCUT2D eigenvalue weighted by Gasteiger charge is 2.32. The molecule has 0 aliphatic carbocycles. The van der Waals surface area contributed by atoms with Crippen LogP contribution in [0.2, 0.25) is 0 Å². The Balaban J connectivity index is 1.60. The van der Waals surface area contributed by atoms with Gasteiger partial charge in [-0.15, -0.1) is 0 Å². The van der Waals surface area contributed by atoms with E-state index >= 15 is 0 Å². The summed E-state index contributed by atoms with van der Waals surface area (Å²) in [5, 5.41) is 0. The second kappa shape index (κ2) is 9.43. The number of hydrogen-bond donors (Lipinski definition) is 0. The summed E-state index contributed by atoms with van der Waals surface area (Å²) in [7, 11) is 0. The molecule has 0 unspecified atom stereocenters. The van der Waals surface area contributed by atoms with Crippen molar-refractivity contribution in [3.05, 3.63) is 59.7 Å². The van der Waals surface area contributed by atoms with Gasteiger partial charge in [-0.2, -0.15) is 13.2 Å². The third kappa shape index (κ3) is 5.75. The number of rotatable bonds is 5. The van der Waals surface area contributed by atoms with Gasteiger partial charge >= 0.3 is 6.18 Å². The van der Waals surface area contributed by atoms with Crippen molar-refractivity contribution >= 4 is 11.6 Å². The molecule has 2 aromatic carbocycles. The molecule has 3 rings (SSSR count). The van der Waals surface area contributed by atoms with Crippen molar-refractivity contribution in [2.24, 2.45) is 0 Å². The van der Waals surface area contributed by atoms with Gasteiger partial charge < -0.3 is 14.5 Å². The lowest BCUT2D eigenvalue weighted by molar-refractivity contribution is -0.139. The number of alkyl halides is 3. The third-order valence-corrected chi connectivity index (χ3v) is 5.77. The van der Waals surface area contributed by atoms with Crippen LogP contribution in [0.3, 0.4) is 0 Å². The lowest BCUT2D eigenvalue weighted by Crippen LogP contribution is -2.52. The first-order chi connectivity index (χ1) is 15.0. The monoisotopic (exact) mass is 448 g/mol. The Hall–Kier alpha value is -2.70. The summed E-state index contributed by atoms with van der Waals surface area (Å²) in [6.45, 7) is 10.2. The van der Waals surface area contributed by atoms with Crippen LogP contribution >= 0.6 is 0 Å². The highest BCUT2D eigenvalue weighted by molar-refractivity contribution is 5.81. The van der Waals surface area contributed by atoms with E-state index in [0.717, 1.165) is 12.1 Å². The maximum Gasteiger partial charge on any atom is 0.416 e. The summed E-state index contributed by atoms with van der Waals surface area (Å²) in [5.41, 5.74) is 1.09. The lowest BCUT2D eigenvalue weighted by Gasteiger charge is -2.37. The summed E-state index contributed by atoms with van der Waals surface area (Å²) >= 11 is 0. The van der Waals surface area contributed by atoms with Crippen molar-refractivity contribution in [3.63, 3.8) is 0 Å². The van der Waals surface area contributed by atoms with E-state index < -0.39 is 17.8 Å². The number of amides is 1. The van der Waals surface area contributed by atoms with Crippen molar-refractivity contribution in [1.82, 2.24) is 4.90 Å². The number of halogens is 3. The average molecular weight is 449 g/mol. The Morgan fingerprint density at radius 3 is 2.12 bits per heavy atom. The molecule has 0 bridgehead atoms. The molecular formula is C25H31F3N2O2. The molecule has 0 aromatic heterocycles. The molecule has 174 valence electrons. The Bertz CT molecular complexity index is 912. The standard InChI is InChI=1S/C25H31F3N2O2/c1-5-22(32-21-11-9-18(10-12-21)24(2,3)4)23(31)30-15-13-29(14-16-30)20-8-6-7-19(17-20)25(26,27)28/h6-12,17,22H,5,13-16H2,1-4H3/t22-/m0/s1. The van der Waals surface area contributed by atoms with Crippen LogP contribution in [-0.4, -0.2) is 43.1 Å². The lowest BCUT2D eigenvalue weighted by atomic mass is 9.87. The van der Waals surface area contributed by atoms with Crippen molar-refractivity contribution in [2.75, 3.05) is 31.1 Å². The number of piperazine rings is 1. The Morgan fingerprint density at radius 2 is 1.59 bits per heavy atom. The second-order valence-electron chi connectivity index (χ2n) is 9.15. The molecule has 0 saturated carbocycles. The van der Waals surface area contributed by atoms with Gasteiger partial charge in [-0.1, -0.05) is 45.9 Å². The number of anilines is 1. The summed E-state index contributed by atoms with van der Waals surface area (Å²) < 4.78 is 45.0. The number of carbonyl (C=O) groups excluding carboxylic acids is 1. The number of nitrogens with zero attached hydrogens (tertiary/aromatic N) is 2. The molecule has 7 heteroatoms. The Labute approximate surface area is 188 Å². The number of hydrogen-bond acceptors (Lipinski definition) is 3. The fourth-order valence-electron chi connectivity index (χ4n) is 3.77. The minimum atomic E-state index is -4.37. The molecule has 1 aliphatic heterocycles. The highest BCUT2D eigenvalue weighted by atomic mass is 19.4. The topological polar surface area (TPSA) is 32.8 Å². The van der Waals surface area contributed by atoms with Gasteiger partial charge in [0.05, 0.1) is 5.56 Å². The molecule has 1 fully saturated rings. The molecule has 0 radical (unpaired) electrons. The van der Waals surface area contributed by atoms with Crippen LogP contribution in [0.1, 0.15) is 45.2 Å². The number of ether oxygens (including phenoxy) is 1. The smallest absolute Gasteiger partial charge is 0.416 e. The van der Waals surface area contributed by atoms with Gasteiger partial charge in [0.15, 0.2) is 6.10 Å². The minimum absolute atomic E-state index is 0.0395. The fourth-order valence-corrected chi connectivity index (χ4v) is 3.77. The van der Waals surface area contributed by atoms with Crippen LogP contribution in [-0.2, 0) is 16.4 Å². The molecule has 2 aromatic rings. The first kappa shape index (κ1) is 24.0. The van der Waals surface area contributed by atoms with Crippen molar-refractivity contribution < 1.29 is 22.7 Å². The third-order valence-electron chi connectivity index (χ3n) is 5.77. The van der Waals surface area contributed by atoms with E-state index in [9.17, 15) is 18.0 Å². The first-order valence-corrected chi connectivity index (χ1v) is 11.0. The summed E-state index contributed by atoms with van der Waals surface area (Å²) in [6, 6.07) is 13.1. The average Bonchev–Trinajstić information content (AvgIpc) is 2.76. The SMILES string of the molecule is CC[C@H](Oc1ccc(C(C)(C)C)cc1)C(=O)N1CCN(c2cccc(C(F)(F)F)c2)CC1. The fraction of sp³-hybridized carbons (Fsp3) is 0.480. The summed E-state index contributed by atoms with van der Waals surface area (Å²) in [6.07, 6.45) is -4.42. The van der Waals surface area contributed by atoms with E-state index in [0.29, 0.717) is 44.0 Å². The van der Waals surface area contributed by atoms with Gasteiger partial charge in [0.2, 0.25) is 0 Å². The van der Waals surface area contributed by atoms with E-state index in [-0.39, 0.29) is 11.3 Å². The molecule has 0 N–H and O–H groups in total. The molecular weight excluding hydrogens is 417 g/mol. The zero-order chi connectivity index (χ0) is 23.5. The predicted octanol–water partition coefficient (Wildman–Crippen LogP) is 5.51. The van der Waals surface area contributed by atoms with Crippen LogP contribution in [0.25, 0.3) is 0 Å². The molecule has 32 heavy (non-hydrogen) atoms. The van der Waals surface area contributed by atoms with E-state index in [2.05, 4.69) is 20.8 Å². The maximum atomic E-state index is 13.0. The van der Waals surface area contributed by atoms with E-state index in [4.69, 9.17) is 4.74 Å². The van der Waals surface area contributed by atoms with E-state index in [1.807, 2.05) is 36.1 Å². The van der Waals surface area contributed by atoms with Gasteiger partial charge in [-0.05, 0) is 47.7 Å². The quantitative estimate of drug-likeness (QED) is 0.605. The molecule has 1 saturated heterocycles. The Morgan fingerprint density at radius 1 is 0.969 bits per heavy atom. The van der Waals surface area contributed by atoms with Gasteiger partial charge in [0, 0.05) is 31.9 Å². The second-order valence-corrected chi connectivity index (χ2v) is 9.15. The van der Waals surface area contributed by atoms with Crippen LogP contribution < -0.4 is 9.64 Å². The van der Waals surface area contributed by atoms with Gasteiger partial charge in [0.1, 0.15) is 5.75 Å². The van der Waals surface area contributed by atoms with Crippen LogP contribution in [0.4, 0.5) is 18.9 Å². The normalized spacial score (nSPS) is 16.1. The van der Waals surface area contributed by atoms with Gasteiger partial charge in [-0.25, -0.2) is 0 Å². The van der Waals surface area contributed by atoms with Crippen LogP contribution in [0.15, 0.2) is 48.5 Å². The van der Waals surface area contributed by atoms with Gasteiger partial charge in [-0.3, -0.25) is 4.79 Å². The molecule has 4 nitrogen and oxygen atoms in total. The van der Waals surface area contributed by atoms with E-state index in [1.54, 1.807) is 11.0 Å². The zero-order valence-corrected chi connectivity index (χ0v) is 19.1. The van der Waals surface area contributed by atoms with Gasteiger partial charge in [0.25, 0.3) is 5.91 Å². The zero-order valence-electron chi connectivity index (χ0n) is 19.1. The molecule has 0 spiro atoms. The van der Waals surface area contributed by atoms with Crippen LogP contribution in [0.5, 0.6) is 5.75 Å². The van der Waals surface area contributed by atoms with Crippen molar-refractivity contribution in [3.8, 4) is 5.75 Å². The Kier molecular flexibility index (Phi) is 7.06. The molecule has 1 heterocycles. The molecule has 1 aliphatic rings.